The van der Waals surface area contributed by atoms with Crippen LogP contribution in [0.4, 0.5) is 5.69 Å². The van der Waals surface area contributed by atoms with Gasteiger partial charge >= 0.3 is 0 Å². The number of fused-ring (bicyclic) bond motifs is 1. The van der Waals surface area contributed by atoms with Gasteiger partial charge in [-0.25, -0.2) is 13.1 Å². The van der Waals surface area contributed by atoms with E-state index in [-0.39, 0.29) is 10.8 Å². The summed E-state index contributed by atoms with van der Waals surface area (Å²) >= 11 is 0. The molecule has 2 aromatic carbocycles. The first-order chi connectivity index (χ1) is 15.1. The van der Waals surface area contributed by atoms with Crippen molar-refractivity contribution >= 4 is 21.6 Å². The Kier molecular flexibility index (Phi) is 6.18. The fraction of sp³-hybridized carbons (Fsp3) is 0.480. The van der Waals surface area contributed by atoms with Gasteiger partial charge in [-0.15, -0.1) is 0 Å². The lowest BCUT2D eigenvalue weighted by Crippen LogP contribution is -2.38. The van der Waals surface area contributed by atoms with Crippen LogP contribution >= 0.6 is 0 Å². The number of piperidine rings is 1. The van der Waals surface area contributed by atoms with E-state index < -0.39 is 15.4 Å². The number of nitrogens with one attached hydrogen (secondary N) is 1. The van der Waals surface area contributed by atoms with Gasteiger partial charge in [0.25, 0.3) is 0 Å². The highest BCUT2D eigenvalue weighted by atomic mass is 32.2. The van der Waals surface area contributed by atoms with Gasteiger partial charge in [-0.3, -0.25) is 9.69 Å². The minimum absolute atomic E-state index is 0.0209. The Bertz CT molecular complexity index is 1100. The number of sulfonamides is 1. The molecule has 0 spiro atoms. The first-order valence-corrected chi connectivity index (χ1v) is 12.8. The number of likely N-dealkylation sites (tertiary alicyclic amines) is 1. The number of carbonyl (C=O) groups excluding carboxylic acids is 1. The fourth-order valence-electron chi connectivity index (χ4n) is 4.73. The van der Waals surface area contributed by atoms with Crippen LogP contribution in [0, 0.1) is 12.8 Å². The predicted molar refractivity (Wildman–Crippen MR) is 127 cm³/mol. The molecule has 172 valence electrons. The molecule has 6 nitrogen and oxygen atoms in total. The average molecular weight is 456 g/mol. The molecule has 1 amide bonds. The van der Waals surface area contributed by atoms with Crippen LogP contribution in [0.3, 0.4) is 0 Å². The zero-order valence-electron chi connectivity index (χ0n) is 19.4. The molecule has 0 unspecified atom stereocenters. The third-order valence-corrected chi connectivity index (χ3v) is 8.37. The smallest absolute Gasteiger partial charge is 0.240 e. The summed E-state index contributed by atoms with van der Waals surface area (Å²) in [6.07, 6.45) is 1.95. The van der Waals surface area contributed by atoms with E-state index in [1.165, 1.54) is 11.1 Å². The van der Waals surface area contributed by atoms with Crippen molar-refractivity contribution in [1.82, 2.24) is 9.62 Å². The van der Waals surface area contributed by atoms with Crippen molar-refractivity contribution in [3.63, 3.8) is 0 Å². The van der Waals surface area contributed by atoms with Crippen molar-refractivity contribution in [2.24, 2.45) is 5.92 Å². The van der Waals surface area contributed by atoms with Gasteiger partial charge in [0.05, 0.1) is 10.3 Å². The number of aryl methyl sites for hydroxylation is 1. The van der Waals surface area contributed by atoms with E-state index in [0.29, 0.717) is 12.5 Å². The van der Waals surface area contributed by atoms with E-state index in [2.05, 4.69) is 40.8 Å². The van der Waals surface area contributed by atoms with E-state index in [1.54, 1.807) is 30.1 Å². The molecule has 1 saturated heterocycles. The number of carbonyl (C=O) groups is 1. The highest BCUT2D eigenvalue weighted by molar-refractivity contribution is 7.89. The number of hydrogen-bond acceptors (Lipinski definition) is 4. The number of likely N-dealkylation sites (N-methyl/N-ethyl adjacent to an activating group) is 1. The third kappa shape index (κ3) is 4.47. The number of nitrogens with zero attached hydrogens (tertiary/aromatic N) is 2. The molecule has 0 saturated carbocycles. The van der Waals surface area contributed by atoms with Crippen LogP contribution in [0.25, 0.3) is 0 Å². The lowest BCUT2D eigenvalue weighted by Gasteiger charge is -2.32. The molecule has 0 aromatic heterocycles. The zero-order valence-corrected chi connectivity index (χ0v) is 20.2. The molecule has 7 heteroatoms. The van der Waals surface area contributed by atoms with Crippen molar-refractivity contribution in [3.8, 4) is 0 Å². The Hall–Kier alpha value is -2.22. The average Bonchev–Trinajstić information content (AvgIpc) is 2.95. The van der Waals surface area contributed by atoms with Crippen LogP contribution in [-0.4, -0.2) is 45.9 Å². The largest absolute Gasteiger partial charge is 0.314 e. The highest BCUT2D eigenvalue weighted by Crippen LogP contribution is 2.41. The van der Waals surface area contributed by atoms with Crippen LogP contribution in [-0.2, 0) is 26.8 Å². The fourth-order valence-corrected chi connectivity index (χ4v) is 5.87. The first kappa shape index (κ1) is 23.0. The molecule has 4 rings (SSSR count). The normalized spacial score (nSPS) is 19.4. The van der Waals surface area contributed by atoms with Gasteiger partial charge < -0.3 is 4.90 Å². The van der Waals surface area contributed by atoms with Gasteiger partial charge in [0.1, 0.15) is 0 Å². The monoisotopic (exact) mass is 455 g/mol. The molecule has 0 aliphatic carbocycles. The minimum atomic E-state index is -3.63. The summed E-state index contributed by atoms with van der Waals surface area (Å²) in [5.41, 5.74) is 3.40. The Balaban J connectivity index is 1.34. The third-order valence-electron chi connectivity index (χ3n) is 6.95. The van der Waals surface area contributed by atoms with E-state index in [9.17, 15) is 13.2 Å². The van der Waals surface area contributed by atoms with E-state index in [4.69, 9.17) is 0 Å². The van der Waals surface area contributed by atoms with E-state index in [0.717, 1.165) is 43.7 Å². The summed E-state index contributed by atoms with van der Waals surface area (Å²) in [5, 5.41) is 0. The zero-order chi connectivity index (χ0) is 23.1. The quantitative estimate of drug-likeness (QED) is 0.725. The molecule has 2 heterocycles. The SMILES string of the molecule is Cc1ccc(CN2CCC(CNS(=O)(=O)c3ccc4c(c3)C(C)(C)C(=O)N4C)CC2)cc1. The Morgan fingerprint density at radius 2 is 1.72 bits per heavy atom. The lowest BCUT2D eigenvalue weighted by molar-refractivity contribution is -0.121. The second kappa shape index (κ2) is 8.61. The Labute approximate surface area is 191 Å². The van der Waals surface area contributed by atoms with Gasteiger partial charge in [0.15, 0.2) is 0 Å². The molecule has 32 heavy (non-hydrogen) atoms. The second-order valence-electron chi connectivity index (χ2n) is 9.73. The van der Waals surface area contributed by atoms with Crippen LogP contribution < -0.4 is 9.62 Å². The van der Waals surface area contributed by atoms with Crippen LogP contribution in [0.1, 0.15) is 43.4 Å². The molecular weight excluding hydrogens is 422 g/mol. The second-order valence-corrected chi connectivity index (χ2v) is 11.5. The first-order valence-electron chi connectivity index (χ1n) is 11.3. The molecule has 1 N–H and O–H groups in total. The van der Waals surface area contributed by atoms with Crippen LogP contribution in [0.15, 0.2) is 47.4 Å². The van der Waals surface area contributed by atoms with Gasteiger partial charge in [-0.05, 0) is 81.9 Å². The molecule has 2 aliphatic rings. The maximum atomic E-state index is 13.0. The number of benzene rings is 2. The summed E-state index contributed by atoms with van der Waals surface area (Å²) < 4.78 is 28.7. The van der Waals surface area contributed by atoms with Crippen molar-refractivity contribution in [2.45, 2.75) is 50.5 Å². The lowest BCUT2D eigenvalue weighted by atomic mass is 9.86. The molecule has 0 radical (unpaired) electrons. The predicted octanol–water partition coefficient (Wildman–Crippen LogP) is 3.44. The van der Waals surface area contributed by atoms with Gasteiger partial charge in [0, 0.05) is 25.8 Å². The van der Waals surface area contributed by atoms with Crippen molar-refractivity contribution in [1.29, 1.82) is 0 Å². The molecule has 2 aromatic rings. The van der Waals surface area contributed by atoms with Gasteiger partial charge in [0.2, 0.25) is 15.9 Å². The number of anilines is 1. The molecule has 0 bridgehead atoms. The maximum Gasteiger partial charge on any atom is 0.240 e. The van der Waals surface area contributed by atoms with Gasteiger partial charge in [-0.1, -0.05) is 29.8 Å². The standard InChI is InChI=1S/C25H33N3O3S/c1-18-5-7-20(8-6-18)17-28-13-11-19(12-14-28)16-26-32(30,31)21-9-10-23-22(15-21)25(2,3)24(29)27(23)4/h5-10,15,19,26H,11-14,16-17H2,1-4H3. The summed E-state index contributed by atoms with van der Waals surface area (Å²) in [6.45, 7) is 9.11. The van der Waals surface area contributed by atoms with E-state index in [1.807, 2.05) is 13.8 Å². The Morgan fingerprint density at radius 1 is 1.06 bits per heavy atom. The maximum absolute atomic E-state index is 13.0. The number of amides is 1. The molecule has 0 atom stereocenters. The summed E-state index contributed by atoms with van der Waals surface area (Å²) in [7, 11) is -1.90. The van der Waals surface area contributed by atoms with Gasteiger partial charge in [-0.2, -0.15) is 0 Å². The van der Waals surface area contributed by atoms with Crippen molar-refractivity contribution in [2.75, 3.05) is 31.6 Å². The summed E-state index contributed by atoms with van der Waals surface area (Å²) in [4.78, 5) is 16.8. The van der Waals surface area contributed by atoms with E-state index >= 15 is 0 Å². The van der Waals surface area contributed by atoms with Crippen molar-refractivity contribution in [3.05, 3.63) is 59.2 Å². The van der Waals surface area contributed by atoms with Crippen LogP contribution in [0.5, 0.6) is 0 Å². The topological polar surface area (TPSA) is 69.7 Å². The molecular formula is C25H33N3O3S. The van der Waals surface area contributed by atoms with Crippen molar-refractivity contribution < 1.29 is 13.2 Å². The summed E-state index contributed by atoms with van der Waals surface area (Å²) in [6, 6.07) is 13.6. The molecule has 1 fully saturated rings. The number of hydrogen-bond donors (Lipinski definition) is 1. The highest BCUT2D eigenvalue weighted by Gasteiger charge is 2.42. The summed E-state index contributed by atoms with van der Waals surface area (Å²) in [5.74, 6) is 0.310. The van der Waals surface area contributed by atoms with Crippen LogP contribution in [0.2, 0.25) is 0 Å². The number of rotatable bonds is 6. The Morgan fingerprint density at radius 3 is 2.38 bits per heavy atom. The molecule has 2 aliphatic heterocycles. The minimum Gasteiger partial charge on any atom is -0.314 e.